The van der Waals surface area contributed by atoms with E-state index in [9.17, 15) is 10.1 Å². The number of hydrogen-bond acceptors (Lipinski definition) is 4. The zero-order chi connectivity index (χ0) is 8.55. The molecule has 1 aromatic rings. The Balaban J connectivity index is 2.56. The van der Waals surface area contributed by atoms with Gasteiger partial charge in [0.05, 0.1) is 16.2 Å². The zero-order valence-corrected chi connectivity index (χ0v) is 6.93. The first-order valence-corrected chi connectivity index (χ1v) is 4.41. The summed E-state index contributed by atoms with van der Waals surface area (Å²) in [6, 6.07) is 5.07. The molecular weight excluding hydrogens is 176 g/mol. The van der Waals surface area contributed by atoms with Crippen molar-refractivity contribution in [3.8, 4) is 0 Å². The summed E-state index contributed by atoms with van der Waals surface area (Å²) in [5.41, 5.74) is 1.88. The number of anilines is 1. The van der Waals surface area contributed by atoms with E-state index in [1.165, 1.54) is 18.0 Å². The highest BCUT2D eigenvalue weighted by atomic mass is 32.2. The van der Waals surface area contributed by atoms with E-state index in [4.69, 9.17) is 0 Å². The van der Waals surface area contributed by atoms with E-state index >= 15 is 0 Å². The van der Waals surface area contributed by atoms with Gasteiger partial charge < -0.3 is 4.72 Å². The highest BCUT2D eigenvalue weighted by molar-refractivity contribution is 8.00. The molecular formula is C7H6N2O2S. The van der Waals surface area contributed by atoms with Crippen LogP contribution in [0.4, 0.5) is 11.4 Å². The molecule has 0 aromatic heterocycles. The largest absolute Gasteiger partial charge is 0.329 e. The first-order chi connectivity index (χ1) is 5.79. The molecule has 4 nitrogen and oxygen atoms in total. The first kappa shape index (κ1) is 7.42. The van der Waals surface area contributed by atoms with Gasteiger partial charge in [0, 0.05) is 11.8 Å². The van der Waals surface area contributed by atoms with Crippen molar-refractivity contribution < 1.29 is 4.92 Å². The molecule has 0 atom stereocenters. The predicted molar refractivity (Wildman–Crippen MR) is 48.0 cm³/mol. The Bertz CT molecular complexity index is 340. The Morgan fingerprint density at radius 2 is 2.42 bits per heavy atom. The van der Waals surface area contributed by atoms with Crippen molar-refractivity contribution in [2.75, 3.05) is 4.72 Å². The monoisotopic (exact) mass is 182 g/mol. The van der Waals surface area contributed by atoms with E-state index in [1.54, 1.807) is 6.07 Å². The van der Waals surface area contributed by atoms with Crippen molar-refractivity contribution in [1.82, 2.24) is 0 Å². The van der Waals surface area contributed by atoms with Crippen LogP contribution in [0.2, 0.25) is 0 Å². The van der Waals surface area contributed by atoms with Crippen molar-refractivity contribution in [3.05, 3.63) is 33.9 Å². The maximum atomic E-state index is 10.5. The van der Waals surface area contributed by atoms with Gasteiger partial charge in [0.25, 0.3) is 5.69 Å². The highest BCUT2D eigenvalue weighted by Gasteiger charge is 2.21. The molecule has 0 fully saturated rings. The molecule has 0 saturated heterocycles. The number of nitrogens with one attached hydrogen (secondary N) is 1. The van der Waals surface area contributed by atoms with Crippen LogP contribution in [0.5, 0.6) is 0 Å². The van der Waals surface area contributed by atoms with Crippen LogP contribution in [0.15, 0.2) is 18.2 Å². The molecule has 0 spiro atoms. The van der Waals surface area contributed by atoms with E-state index < -0.39 is 0 Å². The van der Waals surface area contributed by atoms with Gasteiger partial charge in [0.2, 0.25) is 0 Å². The molecule has 0 bridgehead atoms. The second-order valence-electron chi connectivity index (χ2n) is 2.45. The molecule has 0 saturated carbocycles. The maximum Gasteiger partial charge on any atom is 0.275 e. The molecule has 1 aromatic carbocycles. The minimum absolute atomic E-state index is 0.213. The number of nitro groups is 1. The topological polar surface area (TPSA) is 55.2 Å². The molecule has 2 rings (SSSR count). The van der Waals surface area contributed by atoms with Crippen molar-refractivity contribution in [2.45, 2.75) is 5.75 Å². The lowest BCUT2D eigenvalue weighted by Gasteiger charge is -1.97. The Morgan fingerprint density at radius 3 is 3.17 bits per heavy atom. The minimum atomic E-state index is -0.341. The molecule has 12 heavy (non-hydrogen) atoms. The van der Waals surface area contributed by atoms with Crippen LogP contribution in [-0.2, 0) is 5.75 Å². The summed E-state index contributed by atoms with van der Waals surface area (Å²) >= 11 is 1.48. The van der Waals surface area contributed by atoms with Gasteiger partial charge in [-0.2, -0.15) is 0 Å². The Morgan fingerprint density at radius 1 is 1.58 bits per heavy atom. The second-order valence-corrected chi connectivity index (χ2v) is 3.23. The Kier molecular flexibility index (Phi) is 1.65. The summed E-state index contributed by atoms with van der Waals surface area (Å²) in [7, 11) is 0. The van der Waals surface area contributed by atoms with E-state index in [0.29, 0.717) is 5.75 Å². The number of nitro benzene ring substituents is 1. The number of benzene rings is 1. The van der Waals surface area contributed by atoms with Crippen LogP contribution < -0.4 is 4.72 Å². The number of hydrogen-bond donors (Lipinski definition) is 1. The second kappa shape index (κ2) is 2.67. The molecule has 0 radical (unpaired) electrons. The van der Waals surface area contributed by atoms with Crippen LogP contribution in [0.25, 0.3) is 0 Å². The van der Waals surface area contributed by atoms with E-state index in [1.807, 2.05) is 6.07 Å². The third-order valence-electron chi connectivity index (χ3n) is 1.75. The Hall–Kier alpha value is -1.23. The molecule has 0 unspecified atom stereocenters. The quantitative estimate of drug-likeness (QED) is 0.411. The van der Waals surface area contributed by atoms with Crippen LogP contribution in [0.1, 0.15) is 5.56 Å². The van der Waals surface area contributed by atoms with E-state index in [0.717, 1.165) is 11.3 Å². The summed E-state index contributed by atoms with van der Waals surface area (Å²) in [5.74, 6) is 0.673. The van der Waals surface area contributed by atoms with Crippen LogP contribution in [0.3, 0.4) is 0 Å². The van der Waals surface area contributed by atoms with Crippen LogP contribution in [-0.4, -0.2) is 4.92 Å². The van der Waals surface area contributed by atoms with Gasteiger partial charge in [-0.1, -0.05) is 6.07 Å². The molecule has 1 heterocycles. The lowest BCUT2D eigenvalue weighted by molar-refractivity contribution is -0.385. The number of nitrogens with zero attached hydrogens (tertiary/aromatic N) is 1. The summed E-state index contributed by atoms with van der Waals surface area (Å²) < 4.78 is 3.01. The number of rotatable bonds is 1. The van der Waals surface area contributed by atoms with Crippen LogP contribution in [0, 0.1) is 10.1 Å². The molecule has 0 aliphatic carbocycles. The Labute approximate surface area is 73.3 Å². The standard InChI is InChI=1S/C7H6N2O2S/c10-9(11)7-3-1-2-6-5(7)4-12-8-6/h1-3,8H,4H2. The fourth-order valence-electron chi connectivity index (χ4n) is 1.18. The van der Waals surface area contributed by atoms with Crippen LogP contribution >= 0.6 is 11.9 Å². The SMILES string of the molecule is O=[N+]([O-])c1cccc2c1CSN2. The molecule has 1 aliphatic heterocycles. The third kappa shape index (κ3) is 1.02. The smallest absolute Gasteiger partial charge is 0.275 e. The molecule has 0 amide bonds. The fraction of sp³-hybridized carbons (Fsp3) is 0.143. The lowest BCUT2D eigenvalue weighted by atomic mass is 10.2. The van der Waals surface area contributed by atoms with Crippen molar-refractivity contribution in [1.29, 1.82) is 0 Å². The molecule has 1 aliphatic rings. The number of fused-ring (bicyclic) bond motifs is 1. The van der Waals surface area contributed by atoms with Gasteiger partial charge in [-0.05, 0) is 18.0 Å². The van der Waals surface area contributed by atoms with Gasteiger partial charge in [-0.3, -0.25) is 10.1 Å². The predicted octanol–water partition coefficient (Wildman–Crippen LogP) is 2.17. The molecule has 5 heteroatoms. The van der Waals surface area contributed by atoms with Crippen molar-refractivity contribution >= 4 is 23.3 Å². The van der Waals surface area contributed by atoms with Crippen molar-refractivity contribution in [2.24, 2.45) is 0 Å². The highest BCUT2D eigenvalue weighted by Crippen LogP contribution is 2.36. The molecule has 62 valence electrons. The summed E-state index contributed by atoms with van der Waals surface area (Å²) in [5, 5.41) is 10.5. The zero-order valence-electron chi connectivity index (χ0n) is 6.11. The van der Waals surface area contributed by atoms with Gasteiger partial charge >= 0.3 is 0 Å². The van der Waals surface area contributed by atoms with E-state index in [2.05, 4.69) is 4.72 Å². The average molecular weight is 182 g/mol. The first-order valence-electron chi connectivity index (χ1n) is 3.43. The van der Waals surface area contributed by atoms with Gasteiger partial charge in [0.15, 0.2) is 0 Å². The fourth-order valence-corrected chi connectivity index (χ4v) is 2.05. The van der Waals surface area contributed by atoms with E-state index in [-0.39, 0.29) is 10.6 Å². The molecule has 1 N–H and O–H groups in total. The van der Waals surface area contributed by atoms with Gasteiger partial charge in [0.1, 0.15) is 0 Å². The van der Waals surface area contributed by atoms with Gasteiger partial charge in [-0.25, -0.2) is 0 Å². The lowest BCUT2D eigenvalue weighted by Crippen LogP contribution is -1.92. The average Bonchev–Trinajstić information content (AvgIpc) is 2.49. The maximum absolute atomic E-state index is 10.5. The third-order valence-corrected chi connectivity index (χ3v) is 2.54. The minimum Gasteiger partial charge on any atom is -0.329 e. The van der Waals surface area contributed by atoms with Gasteiger partial charge in [-0.15, -0.1) is 0 Å². The summed E-state index contributed by atoms with van der Waals surface area (Å²) in [4.78, 5) is 10.2. The summed E-state index contributed by atoms with van der Waals surface area (Å²) in [6.07, 6.45) is 0. The van der Waals surface area contributed by atoms with Crippen molar-refractivity contribution in [3.63, 3.8) is 0 Å². The summed E-state index contributed by atoms with van der Waals surface area (Å²) in [6.45, 7) is 0. The normalized spacial score (nSPS) is 13.7.